The van der Waals surface area contributed by atoms with Crippen molar-refractivity contribution in [3.63, 3.8) is 0 Å². The van der Waals surface area contributed by atoms with Gasteiger partial charge < -0.3 is 0 Å². The second kappa shape index (κ2) is 7.29. The van der Waals surface area contributed by atoms with E-state index in [9.17, 15) is 0 Å². The molecule has 0 saturated heterocycles. The minimum atomic E-state index is -1.17. The SMILES string of the molecule is [3H]P([3H])PP(P(P)P)P(P)P. The van der Waals surface area contributed by atoms with E-state index >= 15 is 0 Å². The molecule has 9 heteroatoms. The quantitative estimate of drug-likeness (QED) is 0.653. The van der Waals surface area contributed by atoms with Crippen molar-refractivity contribution in [3.05, 3.63) is 0 Å². The van der Waals surface area contributed by atoms with Crippen LogP contribution >= 0.6 is 73.5 Å². The highest BCUT2D eigenvalue weighted by Gasteiger charge is 2.14. The van der Waals surface area contributed by atoms with Crippen molar-refractivity contribution in [2.75, 3.05) is 0 Å². The monoisotopic (exact) mass is 294 g/mol. The Balaban J connectivity index is 3.90. The van der Waals surface area contributed by atoms with E-state index in [-0.39, 0.29) is 21.0 Å². The predicted octanol–water partition coefficient (Wildman–Crippen LogP) is 4.81. The molecule has 0 aromatic heterocycles. The summed E-state index contributed by atoms with van der Waals surface area (Å²) in [6.45, 7) is -0.179. The van der Waals surface area contributed by atoms with Crippen LogP contribution in [0.1, 0.15) is 0 Å². The molecule has 0 aliphatic carbocycles. The molecule has 5 atom stereocenters. The van der Waals surface area contributed by atoms with Crippen LogP contribution in [-0.2, 0) is 0 Å². The van der Waals surface area contributed by atoms with Crippen molar-refractivity contribution in [3.8, 4) is 0 Å². The summed E-state index contributed by atoms with van der Waals surface area (Å²) in [6, 6.07) is 0. The molecule has 0 nitrogen and oxygen atoms in total. The minimum Gasteiger partial charge on any atom is -0.109 e. The molecule has 0 radical (unpaired) electrons. The van der Waals surface area contributed by atoms with E-state index in [0.717, 1.165) is 0 Å². The van der Waals surface area contributed by atoms with E-state index in [1.165, 1.54) is 0 Å². The number of rotatable bonds is 4. The first-order chi connectivity index (χ1) is 4.95. The topological polar surface area (TPSA) is 0 Å². The summed E-state index contributed by atoms with van der Waals surface area (Å²) in [6.07, 6.45) is 0. The van der Waals surface area contributed by atoms with Gasteiger partial charge in [0.05, 0.1) is 2.56 Å². The van der Waals surface area contributed by atoms with Gasteiger partial charge >= 0.3 is 0 Å². The van der Waals surface area contributed by atoms with Crippen molar-refractivity contribution in [2.45, 2.75) is 0 Å². The summed E-state index contributed by atoms with van der Waals surface area (Å²) < 4.78 is 14.5. The van der Waals surface area contributed by atoms with Gasteiger partial charge in [-0.25, -0.2) is 0 Å². The van der Waals surface area contributed by atoms with Crippen LogP contribution in [0.3, 0.4) is 0 Å². The number of hydrogen-bond acceptors (Lipinski definition) is 0. The molecule has 0 aliphatic heterocycles. The van der Waals surface area contributed by atoms with E-state index in [2.05, 4.69) is 35.7 Å². The van der Waals surface area contributed by atoms with Crippen molar-refractivity contribution in [1.29, 1.82) is 2.56 Å². The molecule has 0 saturated carbocycles. The molecular formula is H11P9. The third kappa shape index (κ3) is 6.01. The van der Waals surface area contributed by atoms with Crippen LogP contribution in [0.4, 0.5) is 0 Å². The zero-order valence-corrected chi connectivity index (χ0v) is 13.8. The second-order valence-corrected chi connectivity index (χ2v) is 31.0. The van der Waals surface area contributed by atoms with E-state index in [0.29, 0.717) is 7.96 Å². The first-order valence-electron chi connectivity index (χ1n) is 2.77. The zero-order valence-electron chi connectivity index (χ0n) is 6.60. The van der Waals surface area contributed by atoms with Gasteiger partial charge in [-0.2, -0.15) is 0 Å². The molecule has 0 rings (SSSR count). The molecule has 0 aromatic carbocycles. The second-order valence-electron chi connectivity index (χ2n) is 1.15. The van der Waals surface area contributed by atoms with Crippen molar-refractivity contribution in [2.24, 2.45) is 0 Å². The summed E-state index contributed by atoms with van der Waals surface area (Å²) >= 11 is 0. The Morgan fingerprint density at radius 2 is 1.56 bits per heavy atom. The average Bonchev–Trinajstić information content (AvgIpc) is 1.81. The van der Waals surface area contributed by atoms with E-state index in [1.807, 2.05) is 0 Å². The molecule has 0 heterocycles. The normalized spacial score (nSPS) is 16.9. The minimum absolute atomic E-state index is 0.0550. The molecule has 9 heavy (non-hydrogen) atoms. The standard InChI is InChI=1S/H11P9/c1-6-9(7(2)3)8(4)5/h6H,1-5H2/i1T2. The summed E-state index contributed by atoms with van der Waals surface area (Å²) in [7, 11) is 10.7. The summed E-state index contributed by atoms with van der Waals surface area (Å²) in [4.78, 5) is 0. The Bertz CT molecular complexity index is 89.7. The third-order valence-corrected chi connectivity index (χ3v) is 42.7. The average molecular weight is 294 g/mol. The van der Waals surface area contributed by atoms with Gasteiger partial charge in [0.15, 0.2) is 0 Å². The largest absolute Gasteiger partial charge is 0.109 e. The maximum atomic E-state index is 7.24. The highest BCUT2D eigenvalue weighted by atomic mass is 33.2. The van der Waals surface area contributed by atoms with Crippen LogP contribution in [0.5, 0.6) is 0 Å². The Morgan fingerprint density at radius 1 is 1.11 bits per heavy atom. The lowest BCUT2D eigenvalue weighted by Gasteiger charge is -2.22. The van der Waals surface area contributed by atoms with Crippen molar-refractivity contribution in [1.82, 2.24) is 0 Å². The van der Waals surface area contributed by atoms with E-state index < -0.39 is 8.82 Å². The van der Waals surface area contributed by atoms with Crippen molar-refractivity contribution < 1.29 is 0 Å². The fraction of sp³-hybridized carbons (Fsp3) is 0. The highest BCUT2D eigenvalue weighted by Crippen LogP contribution is 3.04. The molecule has 0 fully saturated rings. The van der Waals surface area contributed by atoms with E-state index in [1.54, 1.807) is 0 Å². The van der Waals surface area contributed by atoms with Gasteiger partial charge in [0.25, 0.3) is 0 Å². The Kier molecular flexibility index (Phi) is 7.64. The third-order valence-electron chi connectivity index (χ3n) is 0.527. The first kappa shape index (κ1) is 9.43. The highest BCUT2D eigenvalue weighted by molar-refractivity contribution is 9.10. The smallest absolute Gasteiger partial charge is 0.0595 e. The Labute approximate surface area is 76.2 Å². The van der Waals surface area contributed by atoms with Gasteiger partial charge in [-0.15, -0.1) is 44.5 Å². The lowest BCUT2D eigenvalue weighted by atomic mass is 28.8. The van der Waals surface area contributed by atoms with Crippen LogP contribution in [-0.4, -0.2) is 2.56 Å². The molecule has 0 aromatic rings. The lowest BCUT2D eigenvalue weighted by Crippen LogP contribution is -1.31. The molecule has 0 spiro atoms. The van der Waals surface area contributed by atoms with Gasteiger partial charge in [0.2, 0.25) is 0 Å². The molecule has 56 valence electrons. The fourth-order valence-corrected chi connectivity index (χ4v) is 54.1. The number of hydrogen-bond donors (Lipinski definition) is 0. The summed E-state index contributed by atoms with van der Waals surface area (Å²) in [5.74, 6) is 0. The lowest BCUT2D eigenvalue weighted by molar-refractivity contribution is 4.75. The fourth-order valence-electron chi connectivity index (χ4n) is 0.223. The maximum Gasteiger partial charge on any atom is 0.0595 e. The van der Waals surface area contributed by atoms with Crippen LogP contribution in [0, 0.1) is 0 Å². The van der Waals surface area contributed by atoms with Crippen LogP contribution < -0.4 is 0 Å². The van der Waals surface area contributed by atoms with Crippen LogP contribution in [0.15, 0.2) is 0 Å². The Hall–Kier alpha value is 3.87. The van der Waals surface area contributed by atoms with E-state index in [4.69, 9.17) is 2.56 Å². The van der Waals surface area contributed by atoms with Gasteiger partial charge in [-0.3, -0.25) is 0 Å². The van der Waals surface area contributed by atoms with Crippen LogP contribution in [0.25, 0.3) is 0 Å². The van der Waals surface area contributed by atoms with Gasteiger partial charge in [0, 0.05) is 0 Å². The van der Waals surface area contributed by atoms with Crippen LogP contribution in [0.2, 0.25) is 0 Å². The molecular weight excluding hydrogens is 279 g/mol. The molecule has 0 amide bonds. The molecule has 0 aliphatic rings. The van der Waals surface area contributed by atoms with Gasteiger partial charge in [0.1, 0.15) is 0 Å². The first-order valence-corrected chi connectivity index (χ1v) is 16.9. The predicted molar refractivity (Wildman–Crippen MR) is 77.6 cm³/mol. The van der Waals surface area contributed by atoms with Gasteiger partial charge in [-0.1, -0.05) is 7.96 Å². The summed E-state index contributed by atoms with van der Waals surface area (Å²) in [5.41, 5.74) is 0. The zero-order chi connectivity index (χ0) is 9.02. The molecule has 5 unspecified atom stereocenters. The summed E-state index contributed by atoms with van der Waals surface area (Å²) in [5, 5.41) is 0. The van der Waals surface area contributed by atoms with Crippen molar-refractivity contribution >= 4 is 73.5 Å². The maximum absolute atomic E-state index is 7.24. The van der Waals surface area contributed by atoms with Gasteiger partial charge in [-0.05, 0) is 21.0 Å². The Morgan fingerprint density at radius 3 is 1.67 bits per heavy atom. The molecule has 0 bridgehead atoms. The molecule has 0 N–H and O–H groups in total.